The van der Waals surface area contributed by atoms with Crippen molar-refractivity contribution >= 4 is 52.9 Å². The van der Waals surface area contributed by atoms with Crippen LogP contribution in [0.4, 0.5) is 24.1 Å². The minimum absolute atomic E-state index is 0.0132. The fraction of sp³-hybridized carbons (Fsp3) is 0.672. The first kappa shape index (κ1) is 64.4. The lowest BCUT2D eigenvalue weighted by Crippen LogP contribution is -2.71. The van der Waals surface area contributed by atoms with Crippen molar-refractivity contribution in [2.45, 2.75) is 198 Å². The number of ketones is 3. The molecule has 0 aromatic heterocycles. The normalized spacial score (nSPS) is 30.7. The first-order valence-corrected chi connectivity index (χ1v) is 29.6. The van der Waals surface area contributed by atoms with E-state index in [1.165, 1.54) is 19.1 Å². The van der Waals surface area contributed by atoms with Gasteiger partial charge in [0, 0.05) is 54.3 Å². The van der Waals surface area contributed by atoms with Gasteiger partial charge in [-0.25, -0.2) is 18.4 Å². The smallest absolute Gasteiger partial charge is 0.407 e. The molecule has 5 aliphatic carbocycles. The van der Waals surface area contributed by atoms with Crippen molar-refractivity contribution in [3.63, 3.8) is 0 Å². The van der Waals surface area contributed by atoms with E-state index < -0.39 is 124 Å². The Balaban J connectivity index is 0.898. The van der Waals surface area contributed by atoms with Crippen molar-refractivity contribution in [3.05, 3.63) is 53.6 Å². The summed E-state index contributed by atoms with van der Waals surface area (Å²) in [5, 5.41) is 25.4. The molecule has 3 unspecified atom stereocenters. The summed E-state index contributed by atoms with van der Waals surface area (Å²) in [6.45, 7) is 8.33. The molecule has 1 aliphatic heterocycles. The Hall–Kier alpha value is -6.12. The zero-order valence-corrected chi connectivity index (χ0v) is 48.5. The fourth-order valence-corrected chi connectivity index (χ4v) is 13.6. The molecule has 4 fully saturated rings. The van der Waals surface area contributed by atoms with Gasteiger partial charge in [0.1, 0.15) is 25.5 Å². The van der Waals surface area contributed by atoms with E-state index in [1.807, 2.05) is 6.92 Å². The predicted molar refractivity (Wildman–Crippen MR) is 302 cm³/mol. The number of nitrogens with one attached hydrogen (secondary N) is 5. The number of carbonyl (C=O) groups is 8. The molecule has 1 aromatic rings. The van der Waals surface area contributed by atoms with Gasteiger partial charge < -0.3 is 62.1 Å². The molecule has 22 heteroatoms. The third kappa shape index (κ3) is 14.5. The van der Waals surface area contributed by atoms with Crippen LogP contribution in [0.5, 0.6) is 0 Å². The van der Waals surface area contributed by atoms with Crippen LogP contribution in [0.1, 0.15) is 143 Å². The number of urea groups is 1. The van der Waals surface area contributed by atoms with E-state index in [0.717, 1.165) is 38.2 Å². The zero-order chi connectivity index (χ0) is 60.3. The second kappa shape index (κ2) is 28.2. The van der Waals surface area contributed by atoms with E-state index in [2.05, 4.69) is 38.4 Å². The van der Waals surface area contributed by atoms with E-state index in [4.69, 9.17) is 30.4 Å². The molecule has 6 aliphatic rings. The van der Waals surface area contributed by atoms with Gasteiger partial charge in [0.05, 0.1) is 30.8 Å². The molecule has 0 bridgehead atoms. The first-order chi connectivity index (χ1) is 39.5. The highest BCUT2D eigenvalue weighted by Gasteiger charge is 2.80. The van der Waals surface area contributed by atoms with Gasteiger partial charge in [-0.15, -0.1) is 5.92 Å². The van der Waals surface area contributed by atoms with Crippen molar-refractivity contribution in [2.75, 3.05) is 31.6 Å². The van der Waals surface area contributed by atoms with Crippen LogP contribution >= 0.6 is 0 Å². The number of Topliss-reactive ketones (excluding diaryl/α,β-unsaturated/α-hetero) is 2. The van der Waals surface area contributed by atoms with Crippen LogP contribution in [-0.4, -0.2) is 133 Å². The predicted octanol–water partition coefficient (Wildman–Crippen LogP) is 5.76. The number of rotatable bonds is 27. The van der Waals surface area contributed by atoms with Gasteiger partial charge >= 0.3 is 12.1 Å². The number of hydrogen-bond donors (Lipinski definition) is 8. The SMILES string of the molecule is CCCC1O[C@@H]2C[C@H]3[C@@H]4C[C@H](F)C5=CC(=O)C=C[C@]5(C)[C@@]4(F)[C@@H](O)C[C@]3(C)C2(C(=O)CNC(=O)OCc2ccc(NC(=O)[C@H](CCCNC(N)=O)CC(=O)[C@@H](NC(=O)[C@H](N)CCCCNC(=O)COC3C#CCCCCC3)C(C)C)cc2)O1. The van der Waals surface area contributed by atoms with E-state index in [0.29, 0.717) is 56.3 Å². The number of aliphatic hydroxyl groups excluding tert-OH is 1. The lowest BCUT2D eigenvalue weighted by atomic mass is 9.44. The molecule has 10 N–H and O–H groups in total. The summed E-state index contributed by atoms with van der Waals surface area (Å²) in [4.78, 5) is 105. The lowest BCUT2D eigenvalue weighted by Gasteiger charge is -2.63. The Labute approximate surface area is 484 Å². The van der Waals surface area contributed by atoms with Crippen LogP contribution in [0.2, 0.25) is 0 Å². The molecule has 7 rings (SSSR count). The summed E-state index contributed by atoms with van der Waals surface area (Å²) >= 11 is 0. The summed E-state index contributed by atoms with van der Waals surface area (Å²) < 4.78 is 58.1. The van der Waals surface area contributed by atoms with Crippen LogP contribution in [0.25, 0.3) is 0 Å². The van der Waals surface area contributed by atoms with Crippen molar-refractivity contribution in [1.29, 1.82) is 0 Å². The highest BCUT2D eigenvalue weighted by atomic mass is 19.1. The average Bonchev–Trinajstić information content (AvgIpc) is 1.63. The third-order valence-corrected chi connectivity index (χ3v) is 18.1. The number of ether oxygens (including phenoxy) is 4. The number of alkyl carbamates (subject to hydrolysis) is 1. The van der Waals surface area contributed by atoms with Crippen LogP contribution in [-0.2, 0) is 54.3 Å². The number of aliphatic hydroxyl groups is 1. The fourth-order valence-electron chi connectivity index (χ4n) is 13.6. The average molecular weight is 1160 g/mol. The summed E-state index contributed by atoms with van der Waals surface area (Å²) in [5.41, 5.74) is 5.38. The largest absolute Gasteiger partial charge is 0.445 e. The standard InChI is InChI=1S/C61H85F2N7O13/c1-6-15-52-82-50-31-42-43-30-45(62)44-29-40(71)24-25-58(44,4)60(43,63)48(73)32-59(42,5)61(50,83-52)49(74)33-68-57(79)81-34-37-20-22-39(23-21-37)69-54(76)38(16-14-27-67-56(65)78)28-47(72)53(36(2)3)70-55(77)46(64)19-12-13-26-66-51(75)35-80-41-17-10-8-7-9-11-18-41/h20-25,29,36,38,41-43,45-46,48,50,52-53,73H,6-10,12-17,19,26-28,30-35,64H2,1-5H3,(H,66,75)(H,68,79)(H,69,76)(H,70,77)(H3,65,67,78)/t38-,41?,42+,43+,45+,46-,48+,50-,52?,53+,58+,59+,60+,61?/m1/s1. The van der Waals surface area contributed by atoms with E-state index in [9.17, 15) is 43.5 Å². The van der Waals surface area contributed by atoms with Crippen molar-refractivity contribution in [3.8, 4) is 11.8 Å². The maximum atomic E-state index is 17.9. The summed E-state index contributed by atoms with van der Waals surface area (Å²) in [6.07, 6.45) is 4.56. The number of unbranched alkanes of at least 4 members (excludes halogenated alkanes) is 1. The molecule has 83 heavy (non-hydrogen) atoms. The minimum Gasteiger partial charge on any atom is -0.445 e. The van der Waals surface area contributed by atoms with Gasteiger partial charge in [-0.2, -0.15) is 0 Å². The van der Waals surface area contributed by atoms with E-state index in [-0.39, 0.29) is 75.4 Å². The third-order valence-electron chi connectivity index (χ3n) is 18.1. The van der Waals surface area contributed by atoms with Gasteiger partial charge in [-0.3, -0.25) is 28.8 Å². The van der Waals surface area contributed by atoms with Crippen LogP contribution in [0.3, 0.4) is 0 Å². The molecule has 456 valence electrons. The second-order valence-electron chi connectivity index (χ2n) is 24.0. The number of benzene rings is 1. The summed E-state index contributed by atoms with van der Waals surface area (Å²) in [7, 11) is 0. The second-order valence-corrected chi connectivity index (χ2v) is 24.0. The Morgan fingerprint density at radius 3 is 2.41 bits per heavy atom. The monoisotopic (exact) mass is 1160 g/mol. The van der Waals surface area contributed by atoms with E-state index in [1.54, 1.807) is 45.0 Å². The van der Waals surface area contributed by atoms with Crippen LogP contribution in [0, 0.1) is 46.3 Å². The number of nitrogens with two attached hydrogens (primary N) is 2. The first-order valence-electron chi connectivity index (χ1n) is 29.6. The van der Waals surface area contributed by atoms with Crippen molar-refractivity contribution in [1.82, 2.24) is 21.3 Å². The molecule has 6 amide bonds. The van der Waals surface area contributed by atoms with Crippen LogP contribution < -0.4 is 38.1 Å². The number of alkyl halides is 2. The number of allylic oxidation sites excluding steroid dienone is 4. The van der Waals surface area contributed by atoms with Gasteiger partial charge in [0.2, 0.25) is 17.7 Å². The van der Waals surface area contributed by atoms with Gasteiger partial charge in [0.15, 0.2) is 34.9 Å². The van der Waals surface area contributed by atoms with Gasteiger partial charge in [-0.05, 0) is 131 Å². The Morgan fingerprint density at radius 2 is 1.69 bits per heavy atom. The maximum Gasteiger partial charge on any atom is 0.407 e. The molecule has 1 saturated heterocycles. The van der Waals surface area contributed by atoms with Crippen molar-refractivity contribution in [2.24, 2.45) is 46.0 Å². The molecule has 14 atom stereocenters. The minimum atomic E-state index is -2.38. The Kier molecular flexibility index (Phi) is 21.9. The van der Waals surface area contributed by atoms with E-state index >= 15 is 8.78 Å². The molecular weight excluding hydrogens is 1080 g/mol. The molecule has 1 heterocycles. The number of hydrogen-bond acceptors (Lipinski definition) is 14. The highest BCUT2D eigenvalue weighted by Crippen LogP contribution is 2.72. The molecular formula is C61H85F2N7O13. The molecule has 20 nitrogen and oxygen atoms in total. The lowest BCUT2D eigenvalue weighted by molar-refractivity contribution is -0.233. The molecule has 1 aromatic carbocycles. The Bertz CT molecular complexity index is 2680. The molecule has 0 spiro atoms. The maximum absolute atomic E-state index is 17.9. The molecule has 0 radical (unpaired) electrons. The topological polar surface area (TPSA) is 306 Å². The summed E-state index contributed by atoms with van der Waals surface area (Å²) in [5.74, 6) is 0.472. The zero-order valence-electron chi connectivity index (χ0n) is 48.5. The number of primary amides is 1. The van der Waals surface area contributed by atoms with Crippen LogP contribution in [0.15, 0.2) is 48.1 Å². The Morgan fingerprint density at radius 1 is 0.940 bits per heavy atom. The number of amides is 6. The number of anilines is 1. The van der Waals surface area contributed by atoms with Gasteiger partial charge in [-0.1, -0.05) is 64.7 Å². The van der Waals surface area contributed by atoms with Crippen molar-refractivity contribution < 1.29 is 71.2 Å². The number of fused-ring (bicyclic) bond motifs is 7. The molecule has 3 saturated carbocycles. The highest BCUT2D eigenvalue weighted by molar-refractivity contribution is 6.01. The van der Waals surface area contributed by atoms with Gasteiger partial charge in [0.25, 0.3) is 0 Å². The number of halogens is 2. The summed E-state index contributed by atoms with van der Waals surface area (Å²) in [6, 6.07) is 3.72. The quantitative estimate of drug-likeness (QED) is 0.0384. The number of carbonyl (C=O) groups excluding carboxylic acids is 8.